The van der Waals surface area contributed by atoms with Gasteiger partial charge in [-0.25, -0.2) is 4.79 Å². The highest BCUT2D eigenvalue weighted by Gasteiger charge is 2.23. The molecule has 5 nitrogen and oxygen atoms in total. The van der Waals surface area contributed by atoms with Crippen LogP contribution < -0.4 is 5.69 Å². The molecule has 6 heteroatoms. The molecule has 5 rings (SSSR count). The molecule has 0 spiro atoms. The summed E-state index contributed by atoms with van der Waals surface area (Å²) in [7, 11) is 0. The molecule has 0 atom stereocenters. The van der Waals surface area contributed by atoms with E-state index < -0.39 is 0 Å². The summed E-state index contributed by atoms with van der Waals surface area (Å²) in [6.07, 6.45) is 3.40. The molecule has 1 aliphatic rings. The number of carbonyl (C=O) groups excluding carboxylic acids is 1. The van der Waals surface area contributed by atoms with Crippen LogP contribution in [0.25, 0.3) is 21.1 Å². The zero-order chi connectivity index (χ0) is 20.5. The van der Waals surface area contributed by atoms with E-state index in [1.807, 2.05) is 47.0 Å². The SMILES string of the molecule is O=C(CCCN1CCC(n2c(=O)[nH]c3ccccc32)CC1)c1cc2ccccc2s1. The number of hydrogen-bond donors (Lipinski definition) is 1. The number of nitrogens with one attached hydrogen (secondary N) is 1. The number of fused-ring (bicyclic) bond motifs is 2. The molecule has 0 aliphatic carbocycles. The molecule has 154 valence electrons. The lowest BCUT2D eigenvalue weighted by Gasteiger charge is -2.32. The minimum Gasteiger partial charge on any atom is -0.306 e. The van der Waals surface area contributed by atoms with Gasteiger partial charge in [0.15, 0.2) is 5.78 Å². The summed E-state index contributed by atoms with van der Waals surface area (Å²) in [5, 5.41) is 1.15. The first kappa shape index (κ1) is 19.3. The second kappa shape index (κ2) is 8.20. The van der Waals surface area contributed by atoms with E-state index in [0.29, 0.717) is 6.42 Å². The fourth-order valence-electron chi connectivity index (χ4n) is 4.54. The Hall–Kier alpha value is -2.70. The average molecular weight is 420 g/mol. The number of carbonyl (C=O) groups is 1. The van der Waals surface area contributed by atoms with E-state index in [9.17, 15) is 9.59 Å². The lowest BCUT2D eigenvalue weighted by molar-refractivity contribution is 0.0974. The Morgan fingerprint density at radius 3 is 2.67 bits per heavy atom. The first-order valence-corrected chi connectivity index (χ1v) is 11.4. The molecule has 0 unspecified atom stereocenters. The predicted molar refractivity (Wildman–Crippen MR) is 123 cm³/mol. The monoisotopic (exact) mass is 419 g/mol. The Balaban J connectivity index is 1.14. The third kappa shape index (κ3) is 3.73. The van der Waals surface area contributed by atoms with Crippen LogP contribution in [-0.2, 0) is 0 Å². The second-order valence-corrected chi connectivity index (χ2v) is 9.15. The third-order valence-electron chi connectivity index (χ3n) is 6.12. The Bertz CT molecular complexity index is 1210. The van der Waals surface area contributed by atoms with Crippen LogP contribution in [0.2, 0.25) is 0 Å². The summed E-state index contributed by atoms with van der Waals surface area (Å²) < 4.78 is 3.10. The number of likely N-dealkylation sites (tertiary alicyclic amines) is 1. The van der Waals surface area contributed by atoms with Gasteiger partial charge >= 0.3 is 5.69 Å². The van der Waals surface area contributed by atoms with Gasteiger partial charge in [-0.3, -0.25) is 9.36 Å². The number of imidazole rings is 1. The lowest BCUT2D eigenvalue weighted by Crippen LogP contribution is -2.37. The van der Waals surface area contributed by atoms with Crippen molar-refractivity contribution in [3.63, 3.8) is 0 Å². The number of benzene rings is 2. The molecule has 3 heterocycles. The number of H-pyrrole nitrogens is 1. The Morgan fingerprint density at radius 1 is 1.07 bits per heavy atom. The van der Waals surface area contributed by atoms with Crippen molar-refractivity contribution in [2.24, 2.45) is 0 Å². The number of para-hydroxylation sites is 2. The summed E-state index contributed by atoms with van der Waals surface area (Å²) in [4.78, 5) is 31.3. The van der Waals surface area contributed by atoms with Crippen molar-refractivity contribution in [1.82, 2.24) is 14.5 Å². The Morgan fingerprint density at radius 2 is 1.83 bits per heavy atom. The number of thiophene rings is 1. The van der Waals surface area contributed by atoms with E-state index in [4.69, 9.17) is 0 Å². The smallest absolute Gasteiger partial charge is 0.306 e. The second-order valence-electron chi connectivity index (χ2n) is 8.07. The van der Waals surface area contributed by atoms with Crippen LogP contribution in [0.3, 0.4) is 0 Å². The molecule has 0 amide bonds. The molecular formula is C24H25N3O2S. The van der Waals surface area contributed by atoms with Crippen molar-refractivity contribution in [3.05, 3.63) is 70.0 Å². The van der Waals surface area contributed by atoms with Gasteiger partial charge in [-0.1, -0.05) is 30.3 Å². The lowest BCUT2D eigenvalue weighted by atomic mass is 10.0. The van der Waals surface area contributed by atoms with Crippen molar-refractivity contribution in [1.29, 1.82) is 0 Å². The van der Waals surface area contributed by atoms with Crippen LogP contribution in [0.4, 0.5) is 0 Å². The molecule has 0 saturated carbocycles. The topological polar surface area (TPSA) is 58.1 Å². The molecule has 1 fully saturated rings. The van der Waals surface area contributed by atoms with Crippen LogP contribution in [0.1, 0.15) is 41.4 Å². The molecule has 2 aromatic heterocycles. The summed E-state index contributed by atoms with van der Waals surface area (Å²) in [5.74, 6) is 0.247. The van der Waals surface area contributed by atoms with Crippen LogP contribution in [-0.4, -0.2) is 39.9 Å². The van der Waals surface area contributed by atoms with Gasteiger partial charge in [0.1, 0.15) is 0 Å². The van der Waals surface area contributed by atoms with Crippen LogP contribution >= 0.6 is 11.3 Å². The van der Waals surface area contributed by atoms with Crippen LogP contribution in [0.5, 0.6) is 0 Å². The van der Waals surface area contributed by atoms with Crippen molar-refractivity contribution in [2.75, 3.05) is 19.6 Å². The zero-order valence-corrected chi connectivity index (χ0v) is 17.7. The molecule has 30 heavy (non-hydrogen) atoms. The molecular weight excluding hydrogens is 394 g/mol. The summed E-state index contributed by atoms with van der Waals surface area (Å²) in [6, 6.07) is 18.3. The van der Waals surface area contributed by atoms with Gasteiger partial charge in [0, 0.05) is 30.3 Å². The highest BCUT2D eigenvalue weighted by atomic mass is 32.1. The molecule has 1 N–H and O–H groups in total. The van der Waals surface area contributed by atoms with Gasteiger partial charge in [0.05, 0.1) is 15.9 Å². The normalized spacial score (nSPS) is 15.9. The number of aromatic amines is 1. The summed E-state index contributed by atoms with van der Waals surface area (Å²) in [6.45, 7) is 2.87. The fourth-order valence-corrected chi connectivity index (χ4v) is 5.57. The maximum Gasteiger partial charge on any atom is 0.326 e. The molecule has 1 saturated heterocycles. The largest absolute Gasteiger partial charge is 0.326 e. The molecule has 1 aliphatic heterocycles. The minimum absolute atomic E-state index is 0.0106. The standard InChI is InChI=1S/C24H25N3O2S/c28-21(23-16-17-6-1-4-10-22(17)30-23)9-5-13-26-14-11-18(12-15-26)27-20-8-3-2-7-19(20)25-24(27)29/h1-4,6-8,10,16,18H,5,9,11-15H2,(H,25,29). The van der Waals surface area contributed by atoms with Gasteiger partial charge in [0.25, 0.3) is 0 Å². The molecule has 0 radical (unpaired) electrons. The third-order valence-corrected chi connectivity index (χ3v) is 7.28. The van der Waals surface area contributed by atoms with Crippen molar-refractivity contribution in [2.45, 2.75) is 31.7 Å². The molecule has 0 bridgehead atoms. The first-order valence-electron chi connectivity index (χ1n) is 10.6. The highest BCUT2D eigenvalue weighted by Crippen LogP contribution is 2.27. The van der Waals surface area contributed by atoms with Gasteiger partial charge in [-0.05, 0) is 55.5 Å². The van der Waals surface area contributed by atoms with E-state index in [1.165, 1.54) is 4.70 Å². The van der Waals surface area contributed by atoms with Crippen molar-refractivity contribution < 1.29 is 4.79 Å². The van der Waals surface area contributed by atoms with Crippen molar-refractivity contribution in [3.8, 4) is 0 Å². The van der Waals surface area contributed by atoms with Gasteiger partial charge in [-0.2, -0.15) is 0 Å². The number of nitrogens with zero attached hydrogens (tertiary/aromatic N) is 2. The van der Waals surface area contributed by atoms with Crippen LogP contribution in [0.15, 0.2) is 59.4 Å². The molecule has 4 aromatic rings. The van der Waals surface area contributed by atoms with Gasteiger partial charge < -0.3 is 9.88 Å². The first-order chi connectivity index (χ1) is 14.7. The number of rotatable bonds is 6. The maximum atomic E-state index is 12.6. The molecule has 2 aromatic carbocycles. The summed E-state index contributed by atoms with van der Waals surface area (Å²) >= 11 is 1.59. The minimum atomic E-state index is -0.0106. The number of Topliss-reactive ketones (excluding diaryl/α,β-unsaturated/α-hetero) is 1. The van der Waals surface area contributed by atoms with E-state index in [2.05, 4.69) is 22.0 Å². The average Bonchev–Trinajstić information content (AvgIpc) is 3.34. The fraction of sp³-hybridized carbons (Fsp3) is 0.333. The Labute approximate surface area is 178 Å². The maximum absolute atomic E-state index is 12.6. The summed E-state index contributed by atoms with van der Waals surface area (Å²) in [5.41, 5.74) is 1.89. The highest BCUT2D eigenvalue weighted by molar-refractivity contribution is 7.20. The number of ketones is 1. The van der Waals surface area contributed by atoms with E-state index in [1.54, 1.807) is 11.3 Å². The number of hydrogen-bond acceptors (Lipinski definition) is 4. The quantitative estimate of drug-likeness (QED) is 0.455. The predicted octanol–water partition coefficient (Wildman–Crippen LogP) is 4.84. The van der Waals surface area contributed by atoms with Crippen LogP contribution in [0, 0.1) is 0 Å². The van der Waals surface area contributed by atoms with E-state index in [-0.39, 0.29) is 17.5 Å². The van der Waals surface area contributed by atoms with Gasteiger partial charge in [-0.15, -0.1) is 11.3 Å². The zero-order valence-electron chi connectivity index (χ0n) is 16.8. The Kier molecular flexibility index (Phi) is 5.27. The number of piperidine rings is 1. The van der Waals surface area contributed by atoms with E-state index >= 15 is 0 Å². The number of aromatic nitrogens is 2. The van der Waals surface area contributed by atoms with Crippen molar-refractivity contribution >= 4 is 38.2 Å². The van der Waals surface area contributed by atoms with E-state index in [0.717, 1.165) is 60.2 Å². The van der Waals surface area contributed by atoms with Gasteiger partial charge in [0.2, 0.25) is 0 Å².